The Hall–Kier alpha value is -2.88. The van der Waals surface area contributed by atoms with E-state index in [0.29, 0.717) is 12.0 Å². The lowest BCUT2D eigenvalue weighted by Gasteiger charge is -2.07. The zero-order valence-electron chi connectivity index (χ0n) is 12.0. The molecule has 1 N–H and O–H groups in total. The molecule has 0 radical (unpaired) electrons. The maximum atomic E-state index is 12.3. The number of ether oxygens (including phenoxy) is 1. The fourth-order valence-corrected chi connectivity index (χ4v) is 2.00. The molecule has 2 aromatic carbocycles. The van der Waals surface area contributed by atoms with Gasteiger partial charge in [-0.15, -0.1) is 0 Å². The Morgan fingerprint density at radius 3 is 2.50 bits per heavy atom. The zero-order valence-corrected chi connectivity index (χ0v) is 12.0. The van der Waals surface area contributed by atoms with Crippen molar-refractivity contribution in [3.63, 3.8) is 0 Å². The summed E-state index contributed by atoms with van der Waals surface area (Å²) in [7, 11) is 0. The molecule has 0 aliphatic rings. The van der Waals surface area contributed by atoms with Crippen molar-refractivity contribution in [3.8, 4) is 5.75 Å². The Bertz CT molecular complexity index is 689. The third-order valence-electron chi connectivity index (χ3n) is 3.14. The molecule has 0 aliphatic carbocycles. The van der Waals surface area contributed by atoms with Crippen LogP contribution in [0, 0.1) is 0 Å². The molecular weight excluding hydrogens is 280 g/mol. The molecule has 0 unspecified atom stereocenters. The molecule has 0 atom stereocenters. The molecular formula is C18H16O4. The molecule has 2 rings (SSSR count). The van der Waals surface area contributed by atoms with E-state index in [-0.39, 0.29) is 23.7 Å². The van der Waals surface area contributed by atoms with Crippen LogP contribution in [-0.4, -0.2) is 23.5 Å². The highest BCUT2D eigenvalue weighted by atomic mass is 16.5. The first-order valence-electron chi connectivity index (χ1n) is 6.82. The normalized spacial score (nSPS) is 10.0. The Kier molecular flexibility index (Phi) is 5.09. The molecule has 0 amide bonds. The van der Waals surface area contributed by atoms with Crippen LogP contribution >= 0.6 is 0 Å². The number of carbonyl (C=O) groups is 2. The van der Waals surface area contributed by atoms with Gasteiger partial charge in [0, 0.05) is 18.1 Å². The van der Waals surface area contributed by atoms with Crippen molar-refractivity contribution in [1.82, 2.24) is 0 Å². The Morgan fingerprint density at radius 1 is 1.14 bits per heavy atom. The van der Waals surface area contributed by atoms with Gasteiger partial charge in [0.2, 0.25) is 0 Å². The van der Waals surface area contributed by atoms with E-state index in [4.69, 9.17) is 4.74 Å². The number of phenolic OH excluding ortho intramolecular Hbond substituents is 1. The number of benzene rings is 2. The van der Waals surface area contributed by atoms with Crippen molar-refractivity contribution < 1.29 is 19.4 Å². The third-order valence-corrected chi connectivity index (χ3v) is 3.14. The van der Waals surface area contributed by atoms with Crippen molar-refractivity contribution >= 4 is 11.8 Å². The number of rotatable bonds is 6. The van der Waals surface area contributed by atoms with E-state index in [1.54, 1.807) is 36.4 Å². The fourth-order valence-electron chi connectivity index (χ4n) is 2.00. The number of phenols is 1. The van der Waals surface area contributed by atoms with Gasteiger partial charge in [-0.3, -0.25) is 4.79 Å². The van der Waals surface area contributed by atoms with Gasteiger partial charge in [-0.05, 0) is 17.7 Å². The van der Waals surface area contributed by atoms with Crippen molar-refractivity contribution in [3.05, 3.63) is 77.9 Å². The van der Waals surface area contributed by atoms with E-state index < -0.39 is 5.97 Å². The van der Waals surface area contributed by atoms with Crippen LogP contribution in [0.4, 0.5) is 0 Å². The molecule has 112 valence electrons. The molecule has 0 aliphatic heterocycles. The summed E-state index contributed by atoms with van der Waals surface area (Å²) in [6, 6.07) is 13.6. The molecule has 0 saturated heterocycles. The van der Waals surface area contributed by atoms with Crippen LogP contribution in [0.15, 0.2) is 61.2 Å². The second kappa shape index (κ2) is 7.22. The minimum absolute atomic E-state index is 0.0820. The fraction of sp³-hybridized carbons (Fsp3) is 0.111. The molecule has 2 aromatic rings. The predicted octanol–water partition coefficient (Wildman–Crippen LogP) is 2.89. The van der Waals surface area contributed by atoms with Gasteiger partial charge in [0.25, 0.3) is 0 Å². The maximum Gasteiger partial charge on any atom is 0.330 e. The standard InChI is InChI=1S/C18H16O4/c1-2-17(20)22-11-10-13-8-9-15(16(19)12-13)18(21)14-6-4-3-5-7-14/h2-9,12,19H,1,10-11H2. The van der Waals surface area contributed by atoms with E-state index >= 15 is 0 Å². The Morgan fingerprint density at radius 2 is 1.86 bits per heavy atom. The van der Waals surface area contributed by atoms with Crippen molar-refractivity contribution in [2.24, 2.45) is 0 Å². The molecule has 0 heterocycles. The summed E-state index contributed by atoms with van der Waals surface area (Å²) in [4.78, 5) is 23.2. The van der Waals surface area contributed by atoms with Gasteiger partial charge in [0.1, 0.15) is 5.75 Å². The average Bonchev–Trinajstić information content (AvgIpc) is 2.55. The van der Waals surface area contributed by atoms with Gasteiger partial charge < -0.3 is 9.84 Å². The number of aromatic hydroxyl groups is 1. The lowest BCUT2D eigenvalue weighted by molar-refractivity contribution is -0.137. The minimum Gasteiger partial charge on any atom is -0.507 e. The summed E-state index contributed by atoms with van der Waals surface area (Å²) < 4.78 is 4.88. The molecule has 0 spiro atoms. The molecule has 0 bridgehead atoms. The predicted molar refractivity (Wildman–Crippen MR) is 82.8 cm³/mol. The second-order valence-electron chi connectivity index (χ2n) is 4.67. The van der Waals surface area contributed by atoms with Gasteiger partial charge in [-0.2, -0.15) is 0 Å². The monoisotopic (exact) mass is 296 g/mol. The number of ketones is 1. The number of esters is 1. The van der Waals surface area contributed by atoms with Crippen LogP contribution in [0.5, 0.6) is 5.75 Å². The summed E-state index contributed by atoms with van der Waals surface area (Å²) in [5, 5.41) is 10.0. The first-order valence-corrected chi connectivity index (χ1v) is 6.82. The van der Waals surface area contributed by atoms with Crippen LogP contribution in [-0.2, 0) is 16.0 Å². The third kappa shape index (κ3) is 3.82. The Labute approximate surface area is 128 Å². The molecule has 0 aromatic heterocycles. The largest absolute Gasteiger partial charge is 0.507 e. The van der Waals surface area contributed by atoms with Gasteiger partial charge >= 0.3 is 5.97 Å². The quantitative estimate of drug-likeness (QED) is 0.506. The van der Waals surface area contributed by atoms with Crippen molar-refractivity contribution in [2.75, 3.05) is 6.61 Å². The van der Waals surface area contributed by atoms with Gasteiger partial charge in [-0.25, -0.2) is 4.79 Å². The van der Waals surface area contributed by atoms with Crippen LogP contribution in [0.3, 0.4) is 0 Å². The zero-order chi connectivity index (χ0) is 15.9. The Balaban J connectivity index is 2.08. The first-order chi connectivity index (χ1) is 10.6. The highest BCUT2D eigenvalue weighted by molar-refractivity contribution is 6.10. The van der Waals surface area contributed by atoms with Crippen molar-refractivity contribution in [2.45, 2.75) is 6.42 Å². The topological polar surface area (TPSA) is 63.6 Å². The van der Waals surface area contributed by atoms with Gasteiger partial charge in [0.15, 0.2) is 5.78 Å². The van der Waals surface area contributed by atoms with E-state index in [1.807, 2.05) is 6.07 Å². The summed E-state index contributed by atoms with van der Waals surface area (Å²) in [5.74, 6) is -0.802. The lowest BCUT2D eigenvalue weighted by atomic mass is 10.0. The molecule has 22 heavy (non-hydrogen) atoms. The lowest BCUT2D eigenvalue weighted by Crippen LogP contribution is -2.05. The SMILES string of the molecule is C=CC(=O)OCCc1ccc(C(=O)c2ccccc2)c(O)c1. The van der Waals surface area contributed by atoms with Crippen molar-refractivity contribution in [1.29, 1.82) is 0 Å². The minimum atomic E-state index is -0.486. The number of hydrogen-bond donors (Lipinski definition) is 1. The average molecular weight is 296 g/mol. The van der Waals surface area contributed by atoms with E-state index in [9.17, 15) is 14.7 Å². The molecule has 4 nitrogen and oxygen atoms in total. The van der Waals surface area contributed by atoms with E-state index in [2.05, 4.69) is 6.58 Å². The summed E-state index contributed by atoms with van der Waals surface area (Å²) in [5.41, 5.74) is 1.54. The second-order valence-corrected chi connectivity index (χ2v) is 4.67. The summed E-state index contributed by atoms with van der Waals surface area (Å²) in [6.45, 7) is 3.50. The highest BCUT2D eigenvalue weighted by Crippen LogP contribution is 2.22. The van der Waals surface area contributed by atoms with Crippen LogP contribution in [0.1, 0.15) is 21.5 Å². The molecule has 0 fully saturated rings. The van der Waals surface area contributed by atoms with Gasteiger partial charge in [-0.1, -0.05) is 43.0 Å². The van der Waals surface area contributed by atoms with Crippen LogP contribution in [0.2, 0.25) is 0 Å². The van der Waals surface area contributed by atoms with Crippen LogP contribution in [0.25, 0.3) is 0 Å². The summed E-state index contributed by atoms with van der Waals surface area (Å²) in [6.07, 6.45) is 1.55. The highest BCUT2D eigenvalue weighted by Gasteiger charge is 2.13. The van der Waals surface area contributed by atoms with E-state index in [0.717, 1.165) is 11.6 Å². The molecule has 4 heteroatoms. The number of carbonyl (C=O) groups excluding carboxylic acids is 2. The maximum absolute atomic E-state index is 12.3. The number of hydrogen-bond acceptors (Lipinski definition) is 4. The first kappa shape index (κ1) is 15.5. The molecule has 0 saturated carbocycles. The summed E-state index contributed by atoms with van der Waals surface area (Å²) >= 11 is 0. The van der Waals surface area contributed by atoms with Crippen LogP contribution < -0.4 is 0 Å². The smallest absolute Gasteiger partial charge is 0.330 e. The van der Waals surface area contributed by atoms with E-state index in [1.165, 1.54) is 6.07 Å². The van der Waals surface area contributed by atoms with Gasteiger partial charge in [0.05, 0.1) is 12.2 Å².